The first-order chi connectivity index (χ1) is 11.4. The molecule has 0 radical (unpaired) electrons. The molecule has 2 rings (SSSR count). The van der Waals surface area contributed by atoms with Gasteiger partial charge in [-0.15, -0.1) is 0 Å². The lowest BCUT2D eigenvalue weighted by atomic mass is 9.98. The molecule has 0 saturated carbocycles. The Hall–Kier alpha value is -1.66. The number of nitrogens with zero attached hydrogens (tertiary/aromatic N) is 1. The quantitative estimate of drug-likeness (QED) is 0.800. The summed E-state index contributed by atoms with van der Waals surface area (Å²) in [5.41, 5.74) is 0. The van der Waals surface area contributed by atoms with Gasteiger partial charge in [0.15, 0.2) is 0 Å². The van der Waals surface area contributed by atoms with E-state index in [2.05, 4.69) is 5.32 Å². The molecule has 0 spiro atoms. The van der Waals surface area contributed by atoms with Crippen LogP contribution in [0.3, 0.4) is 0 Å². The number of nitrogens with one attached hydrogen (secondary N) is 1. The summed E-state index contributed by atoms with van der Waals surface area (Å²) >= 11 is 11.9. The van der Waals surface area contributed by atoms with Crippen LogP contribution >= 0.6 is 23.2 Å². The fraction of sp³-hybridized carbons (Fsp3) is 0.500. The van der Waals surface area contributed by atoms with Crippen molar-refractivity contribution >= 4 is 35.2 Å². The van der Waals surface area contributed by atoms with Crippen LogP contribution in [-0.4, -0.2) is 48.2 Å². The number of carboxylic acid groups (broad SMARTS) is 1. The van der Waals surface area contributed by atoms with Crippen LogP contribution in [0.1, 0.15) is 19.3 Å². The Morgan fingerprint density at radius 1 is 1.21 bits per heavy atom. The number of ether oxygens (including phenoxy) is 1. The van der Waals surface area contributed by atoms with Crippen molar-refractivity contribution < 1.29 is 19.4 Å². The van der Waals surface area contributed by atoms with E-state index >= 15 is 0 Å². The minimum Gasteiger partial charge on any atom is -0.493 e. The largest absolute Gasteiger partial charge is 0.493 e. The number of amides is 2. The zero-order chi connectivity index (χ0) is 17.5. The Morgan fingerprint density at radius 3 is 2.42 bits per heavy atom. The van der Waals surface area contributed by atoms with Crippen molar-refractivity contribution in [3.63, 3.8) is 0 Å². The first kappa shape index (κ1) is 18.7. The summed E-state index contributed by atoms with van der Waals surface area (Å²) in [5, 5.41) is 12.2. The van der Waals surface area contributed by atoms with Gasteiger partial charge in [-0.2, -0.15) is 0 Å². The Morgan fingerprint density at radius 2 is 1.83 bits per heavy atom. The lowest BCUT2D eigenvalue weighted by molar-refractivity contribution is -0.136. The molecule has 1 heterocycles. The summed E-state index contributed by atoms with van der Waals surface area (Å²) in [5.74, 6) is 0.0689. The third kappa shape index (κ3) is 6.09. The zero-order valence-electron chi connectivity index (χ0n) is 13.1. The number of carboxylic acids is 1. The second-order valence-corrected chi connectivity index (χ2v) is 6.60. The highest BCUT2D eigenvalue weighted by Gasteiger charge is 2.23. The van der Waals surface area contributed by atoms with E-state index in [1.54, 1.807) is 23.1 Å². The molecule has 1 fully saturated rings. The topological polar surface area (TPSA) is 78.9 Å². The number of halogens is 2. The number of carbonyl (C=O) groups is 2. The smallest absolute Gasteiger partial charge is 0.317 e. The van der Waals surface area contributed by atoms with Gasteiger partial charge in [0.05, 0.1) is 13.0 Å². The number of benzene rings is 1. The van der Waals surface area contributed by atoms with E-state index in [1.165, 1.54) is 0 Å². The molecular weight excluding hydrogens is 355 g/mol. The van der Waals surface area contributed by atoms with Crippen LogP contribution in [-0.2, 0) is 4.79 Å². The van der Waals surface area contributed by atoms with Crippen LogP contribution in [0.2, 0.25) is 10.0 Å². The van der Waals surface area contributed by atoms with Gasteiger partial charge in [-0.3, -0.25) is 4.79 Å². The van der Waals surface area contributed by atoms with Gasteiger partial charge in [0.2, 0.25) is 0 Å². The number of rotatable bonds is 6. The highest BCUT2D eigenvalue weighted by atomic mass is 35.5. The number of urea groups is 1. The van der Waals surface area contributed by atoms with Crippen molar-refractivity contribution in [2.45, 2.75) is 19.3 Å². The molecule has 0 aliphatic carbocycles. The number of piperidine rings is 1. The molecule has 0 atom stereocenters. The summed E-state index contributed by atoms with van der Waals surface area (Å²) in [6, 6.07) is 4.88. The lowest BCUT2D eigenvalue weighted by Gasteiger charge is -2.31. The number of hydrogen-bond donors (Lipinski definition) is 2. The molecule has 0 bridgehead atoms. The molecule has 1 aliphatic heterocycles. The van der Waals surface area contributed by atoms with Crippen LogP contribution in [0.25, 0.3) is 0 Å². The van der Waals surface area contributed by atoms with Crippen molar-refractivity contribution in [1.82, 2.24) is 10.2 Å². The predicted molar refractivity (Wildman–Crippen MR) is 91.9 cm³/mol. The number of carbonyl (C=O) groups excluding carboxylic acids is 1. The second-order valence-electron chi connectivity index (χ2n) is 5.72. The average Bonchev–Trinajstić information content (AvgIpc) is 2.52. The van der Waals surface area contributed by atoms with Gasteiger partial charge < -0.3 is 20.1 Å². The van der Waals surface area contributed by atoms with Crippen molar-refractivity contribution in [1.29, 1.82) is 0 Å². The van der Waals surface area contributed by atoms with Crippen molar-refractivity contribution in [2.75, 3.05) is 26.2 Å². The van der Waals surface area contributed by atoms with Crippen LogP contribution in [0.5, 0.6) is 5.75 Å². The third-order valence-corrected chi connectivity index (χ3v) is 4.28. The minimum absolute atomic E-state index is 0.0712. The number of aliphatic carboxylic acids is 1. The fourth-order valence-corrected chi connectivity index (χ4v) is 3.02. The molecule has 2 amide bonds. The molecule has 6 nitrogen and oxygen atoms in total. The SMILES string of the molecule is O=C(O)CCNC(=O)N1CCC(COc2cc(Cl)cc(Cl)c2)CC1. The Bertz CT molecular complexity index is 569. The van der Waals surface area contributed by atoms with Crippen molar-refractivity contribution in [2.24, 2.45) is 5.92 Å². The Balaban J connectivity index is 1.70. The minimum atomic E-state index is -0.924. The van der Waals surface area contributed by atoms with Crippen molar-refractivity contribution in [3.05, 3.63) is 28.2 Å². The molecule has 1 saturated heterocycles. The molecule has 132 valence electrons. The molecule has 24 heavy (non-hydrogen) atoms. The summed E-state index contributed by atoms with van der Waals surface area (Å²) < 4.78 is 5.74. The predicted octanol–water partition coefficient (Wildman–Crippen LogP) is 3.27. The number of hydrogen-bond acceptors (Lipinski definition) is 3. The van der Waals surface area contributed by atoms with Crippen LogP contribution < -0.4 is 10.1 Å². The summed E-state index contributed by atoms with van der Waals surface area (Å²) in [6.07, 6.45) is 1.60. The standard InChI is InChI=1S/C16H20Cl2N2O4/c17-12-7-13(18)9-14(8-12)24-10-11-2-5-20(6-3-11)16(23)19-4-1-15(21)22/h7-9,11H,1-6,10H2,(H,19,23)(H,21,22). The molecule has 0 aromatic heterocycles. The van der Waals surface area contributed by atoms with Gasteiger partial charge in [-0.05, 0) is 37.0 Å². The van der Waals surface area contributed by atoms with E-state index in [0.29, 0.717) is 41.4 Å². The first-order valence-electron chi connectivity index (χ1n) is 7.77. The molecule has 1 aromatic rings. The molecule has 1 aliphatic rings. The Kier molecular flexibility index (Phi) is 6.99. The van der Waals surface area contributed by atoms with E-state index in [0.717, 1.165) is 12.8 Å². The highest BCUT2D eigenvalue weighted by Crippen LogP contribution is 2.25. The zero-order valence-corrected chi connectivity index (χ0v) is 14.6. The van der Waals surface area contributed by atoms with Crippen LogP contribution in [0.4, 0.5) is 4.79 Å². The molecular formula is C16H20Cl2N2O4. The molecule has 2 N–H and O–H groups in total. The summed E-state index contributed by atoms with van der Waals surface area (Å²) in [4.78, 5) is 24.0. The van der Waals surface area contributed by atoms with Gasteiger partial charge in [-0.1, -0.05) is 23.2 Å². The second kappa shape index (κ2) is 8.99. The van der Waals surface area contributed by atoms with E-state index in [9.17, 15) is 9.59 Å². The maximum atomic E-state index is 11.9. The van der Waals surface area contributed by atoms with Crippen LogP contribution in [0.15, 0.2) is 18.2 Å². The maximum Gasteiger partial charge on any atom is 0.317 e. The lowest BCUT2D eigenvalue weighted by Crippen LogP contribution is -2.45. The van der Waals surface area contributed by atoms with E-state index in [1.807, 2.05) is 0 Å². The average molecular weight is 375 g/mol. The maximum absolute atomic E-state index is 11.9. The van der Waals surface area contributed by atoms with Gasteiger partial charge in [0, 0.05) is 29.7 Å². The van der Waals surface area contributed by atoms with Gasteiger partial charge in [0.1, 0.15) is 5.75 Å². The third-order valence-electron chi connectivity index (χ3n) is 3.84. The summed E-state index contributed by atoms with van der Waals surface area (Å²) in [6.45, 7) is 1.95. The van der Waals surface area contributed by atoms with Gasteiger partial charge in [-0.25, -0.2) is 4.79 Å². The van der Waals surface area contributed by atoms with Gasteiger partial charge in [0.25, 0.3) is 0 Å². The Labute approximate surface area is 150 Å². The fourth-order valence-electron chi connectivity index (χ4n) is 2.52. The van der Waals surface area contributed by atoms with E-state index in [4.69, 9.17) is 33.0 Å². The highest BCUT2D eigenvalue weighted by molar-refractivity contribution is 6.34. The first-order valence-corrected chi connectivity index (χ1v) is 8.53. The summed E-state index contributed by atoms with van der Waals surface area (Å²) in [7, 11) is 0. The monoisotopic (exact) mass is 374 g/mol. The molecule has 8 heteroatoms. The molecule has 0 unspecified atom stereocenters. The van der Waals surface area contributed by atoms with E-state index in [-0.39, 0.29) is 19.0 Å². The molecule has 1 aromatic carbocycles. The van der Waals surface area contributed by atoms with Gasteiger partial charge >= 0.3 is 12.0 Å². The normalized spacial score (nSPS) is 15.2. The number of likely N-dealkylation sites (tertiary alicyclic amines) is 1. The van der Waals surface area contributed by atoms with E-state index < -0.39 is 5.97 Å². The van der Waals surface area contributed by atoms with Crippen molar-refractivity contribution in [3.8, 4) is 5.75 Å². The van der Waals surface area contributed by atoms with Crippen LogP contribution in [0, 0.1) is 5.92 Å².